The molecule has 5 heteroatoms. The molecule has 1 fully saturated rings. The summed E-state index contributed by atoms with van der Waals surface area (Å²) < 4.78 is 5.13. The van der Waals surface area contributed by atoms with Crippen LogP contribution in [0.25, 0.3) is 0 Å². The molecule has 1 aliphatic heterocycles. The lowest BCUT2D eigenvalue weighted by Gasteiger charge is -2.17. The third-order valence-electron chi connectivity index (χ3n) is 4.65. The van der Waals surface area contributed by atoms with Crippen LogP contribution in [0.15, 0.2) is 42.5 Å². The van der Waals surface area contributed by atoms with Gasteiger partial charge in [-0.25, -0.2) is 0 Å². The predicted molar refractivity (Wildman–Crippen MR) is 98.0 cm³/mol. The fraction of sp³-hybridized carbons (Fsp3) is 0.300. The van der Waals surface area contributed by atoms with Crippen LogP contribution in [0.3, 0.4) is 0 Å². The van der Waals surface area contributed by atoms with Crippen LogP contribution in [0.5, 0.6) is 5.75 Å². The molecule has 0 saturated carbocycles. The summed E-state index contributed by atoms with van der Waals surface area (Å²) in [6.07, 6.45) is 0.225. The van der Waals surface area contributed by atoms with Gasteiger partial charge in [-0.05, 0) is 61.4 Å². The van der Waals surface area contributed by atoms with Gasteiger partial charge in [0.2, 0.25) is 11.8 Å². The fourth-order valence-corrected chi connectivity index (χ4v) is 2.96. The Morgan fingerprint density at radius 3 is 2.48 bits per heavy atom. The van der Waals surface area contributed by atoms with Gasteiger partial charge in [0.05, 0.1) is 13.0 Å². The first-order chi connectivity index (χ1) is 12.0. The van der Waals surface area contributed by atoms with E-state index in [4.69, 9.17) is 4.74 Å². The van der Waals surface area contributed by atoms with Crippen LogP contribution in [0.4, 0.5) is 11.4 Å². The van der Waals surface area contributed by atoms with Crippen LogP contribution in [-0.4, -0.2) is 25.5 Å². The number of benzene rings is 2. The van der Waals surface area contributed by atoms with Crippen LogP contribution in [0.2, 0.25) is 0 Å². The molecule has 3 rings (SSSR count). The molecule has 0 radical (unpaired) electrons. The van der Waals surface area contributed by atoms with Gasteiger partial charge in [-0.3, -0.25) is 9.59 Å². The van der Waals surface area contributed by atoms with Crippen molar-refractivity contribution in [3.05, 3.63) is 53.6 Å². The third kappa shape index (κ3) is 3.65. The maximum atomic E-state index is 12.5. The lowest BCUT2D eigenvalue weighted by Crippen LogP contribution is -2.28. The van der Waals surface area contributed by atoms with E-state index < -0.39 is 0 Å². The SMILES string of the molecule is COc1ccc(N2C[C@@H](C(=O)Nc3ccc(C)c(C)c3)CC2=O)cc1. The van der Waals surface area contributed by atoms with Gasteiger partial charge >= 0.3 is 0 Å². The van der Waals surface area contributed by atoms with Gasteiger partial charge in [0, 0.05) is 24.3 Å². The lowest BCUT2D eigenvalue weighted by molar-refractivity contribution is -0.122. The first-order valence-electron chi connectivity index (χ1n) is 8.30. The topological polar surface area (TPSA) is 58.6 Å². The molecule has 0 aliphatic carbocycles. The molecule has 2 amide bonds. The van der Waals surface area contributed by atoms with Crippen molar-refractivity contribution in [3.63, 3.8) is 0 Å². The van der Waals surface area contributed by atoms with Crippen molar-refractivity contribution >= 4 is 23.2 Å². The maximum Gasteiger partial charge on any atom is 0.229 e. The number of nitrogens with zero attached hydrogens (tertiary/aromatic N) is 1. The van der Waals surface area contributed by atoms with Gasteiger partial charge in [0.15, 0.2) is 0 Å². The molecule has 0 aromatic heterocycles. The fourth-order valence-electron chi connectivity index (χ4n) is 2.96. The number of hydrogen-bond acceptors (Lipinski definition) is 3. The Morgan fingerprint density at radius 2 is 1.84 bits per heavy atom. The molecule has 25 heavy (non-hydrogen) atoms. The van der Waals surface area contributed by atoms with E-state index in [1.165, 1.54) is 5.56 Å². The Hall–Kier alpha value is -2.82. The summed E-state index contributed by atoms with van der Waals surface area (Å²) in [6, 6.07) is 13.1. The largest absolute Gasteiger partial charge is 0.497 e. The number of hydrogen-bond donors (Lipinski definition) is 1. The average Bonchev–Trinajstić information content (AvgIpc) is 3.00. The van der Waals surface area contributed by atoms with E-state index in [-0.39, 0.29) is 24.2 Å². The second-order valence-electron chi connectivity index (χ2n) is 6.39. The minimum Gasteiger partial charge on any atom is -0.497 e. The standard InChI is InChI=1S/C20H22N2O3/c1-13-4-5-16(10-14(13)2)21-20(24)15-11-19(23)22(12-15)17-6-8-18(25-3)9-7-17/h4-10,15H,11-12H2,1-3H3,(H,21,24)/t15-/m0/s1. The highest BCUT2D eigenvalue weighted by molar-refractivity contribution is 6.03. The summed E-state index contributed by atoms with van der Waals surface area (Å²) in [4.78, 5) is 26.5. The molecule has 1 atom stereocenters. The Labute approximate surface area is 147 Å². The van der Waals surface area contributed by atoms with E-state index in [1.54, 1.807) is 12.0 Å². The predicted octanol–water partition coefficient (Wildman–Crippen LogP) is 3.30. The molecule has 2 aromatic carbocycles. The van der Waals surface area contributed by atoms with E-state index in [9.17, 15) is 9.59 Å². The number of anilines is 2. The Balaban J connectivity index is 1.68. The molecule has 130 valence electrons. The van der Waals surface area contributed by atoms with E-state index >= 15 is 0 Å². The molecule has 1 N–H and O–H groups in total. The van der Waals surface area contributed by atoms with E-state index in [1.807, 2.05) is 56.3 Å². The second kappa shape index (κ2) is 6.97. The third-order valence-corrected chi connectivity index (χ3v) is 4.65. The van der Waals surface area contributed by atoms with Gasteiger partial charge < -0.3 is 15.0 Å². The summed E-state index contributed by atoms with van der Waals surface area (Å²) in [6.45, 7) is 4.43. The number of rotatable bonds is 4. The van der Waals surface area contributed by atoms with Crippen molar-refractivity contribution in [3.8, 4) is 5.75 Å². The van der Waals surface area contributed by atoms with Gasteiger partial charge in [0.25, 0.3) is 0 Å². The zero-order valence-corrected chi connectivity index (χ0v) is 14.7. The normalized spacial score (nSPS) is 16.8. The van der Waals surface area contributed by atoms with Crippen molar-refractivity contribution in [2.24, 2.45) is 5.92 Å². The molecule has 1 saturated heterocycles. The minimum absolute atomic E-state index is 0.0367. The van der Waals surface area contributed by atoms with E-state index in [0.29, 0.717) is 6.54 Å². The summed E-state index contributed by atoms with van der Waals surface area (Å²) in [5.74, 6) is 0.230. The van der Waals surface area contributed by atoms with Crippen molar-refractivity contribution in [2.45, 2.75) is 20.3 Å². The summed E-state index contributed by atoms with van der Waals surface area (Å²) in [5.41, 5.74) is 3.86. The van der Waals surface area contributed by atoms with Crippen LogP contribution >= 0.6 is 0 Å². The van der Waals surface area contributed by atoms with Crippen LogP contribution < -0.4 is 15.0 Å². The zero-order chi connectivity index (χ0) is 18.0. The zero-order valence-electron chi connectivity index (χ0n) is 14.7. The van der Waals surface area contributed by atoms with Crippen LogP contribution in [0.1, 0.15) is 17.5 Å². The Bertz CT molecular complexity index is 799. The molecule has 0 bridgehead atoms. The molecule has 0 unspecified atom stereocenters. The van der Waals surface area contributed by atoms with Crippen molar-refractivity contribution in [1.82, 2.24) is 0 Å². The number of ether oxygens (including phenoxy) is 1. The molecular weight excluding hydrogens is 316 g/mol. The molecule has 2 aromatic rings. The number of carbonyl (C=O) groups excluding carboxylic acids is 2. The van der Waals surface area contributed by atoms with Crippen molar-refractivity contribution in [2.75, 3.05) is 23.9 Å². The monoisotopic (exact) mass is 338 g/mol. The van der Waals surface area contributed by atoms with E-state index in [0.717, 1.165) is 22.7 Å². The van der Waals surface area contributed by atoms with Crippen LogP contribution in [-0.2, 0) is 9.59 Å². The molecule has 0 spiro atoms. The molecule has 1 heterocycles. The minimum atomic E-state index is -0.351. The number of nitrogens with one attached hydrogen (secondary N) is 1. The quantitative estimate of drug-likeness (QED) is 0.930. The number of methoxy groups -OCH3 is 1. The average molecular weight is 338 g/mol. The van der Waals surface area contributed by atoms with Gasteiger partial charge in [-0.1, -0.05) is 6.07 Å². The summed E-state index contributed by atoms with van der Waals surface area (Å²) in [7, 11) is 1.60. The highest BCUT2D eigenvalue weighted by Crippen LogP contribution is 2.27. The number of amides is 2. The smallest absolute Gasteiger partial charge is 0.229 e. The molecule has 5 nitrogen and oxygen atoms in total. The van der Waals surface area contributed by atoms with Crippen LogP contribution in [0, 0.1) is 19.8 Å². The number of aryl methyl sites for hydroxylation is 2. The summed E-state index contributed by atoms with van der Waals surface area (Å²) >= 11 is 0. The highest BCUT2D eigenvalue weighted by atomic mass is 16.5. The van der Waals surface area contributed by atoms with Gasteiger partial charge in [0.1, 0.15) is 5.75 Å². The van der Waals surface area contributed by atoms with Crippen molar-refractivity contribution < 1.29 is 14.3 Å². The molecule has 1 aliphatic rings. The molecular formula is C20H22N2O3. The number of carbonyl (C=O) groups is 2. The van der Waals surface area contributed by atoms with Gasteiger partial charge in [-0.2, -0.15) is 0 Å². The Morgan fingerprint density at radius 1 is 1.12 bits per heavy atom. The second-order valence-corrected chi connectivity index (χ2v) is 6.39. The maximum absolute atomic E-state index is 12.5. The van der Waals surface area contributed by atoms with E-state index in [2.05, 4.69) is 5.32 Å². The summed E-state index contributed by atoms with van der Waals surface area (Å²) in [5, 5.41) is 2.92. The van der Waals surface area contributed by atoms with Gasteiger partial charge in [-0.15, -0.1) is 0 Å². The first kappa shape index (κ1) is 17.0. The van der Waals surface area contributed by atoms with Crippen molar-refractivity contribution in [1.29, 1.82) is 0 Å². The Kier molecular flexibility index (Phi) is 4.74. The first-order valence-corrected chi connectivity index (χ1v) is 8.30. The highest BCUT2D eigenvalue weighted by Gasteiger charge is 2.35. The lowest BCUT2D eigenvalue weighted by atomic mass is 10.1.